The molecule has 0 bridgehead atoms. The Morgan fingerprint density at radius 3 is 2.59 bits per heavy atom. The fourth-order valence-corrected chi connectivity index (χ4v) is 4.42. The number of methoxy groups -OCH3 is 1. The molecule has 0 aliphatic rings. The summed E-state index contributed by atoms with van der Waals surface area (Å²) in [6, 6.07) is 17.5. The SMILES string of the molecule is CCOC(=O)c1ccc(-n2cnc3cc(C(C)CC)c(OC)cc32)nc1NC(CCN)c1ccccc1. The van der Waals surface area contributed by atoms with E-state index in [-0.39, 0.29) is 12.6 Å². The molecule has 2 heterocycles. The third-order valence-electron chi connectivity index (χ3n) is 6.63. The predicted octanol–water partition coefficient (Wildman–Crippen LogP) is 5.62. The van der Waals surface area contributed by atoms with E-state index in [1.165, 1.54) is 0 Å². The first kappa shape index (κ1) is 26.2. The number of aromatic nitrogens is 3. The number of pyridine rings is 1. The number of esters is 1. The molecule has 2 aromatic carbocycles. The van der Waals surface area contributed by atoms with Crippen LogP contribution in [-0.4, -0.2) is 40.8 Å². The van der Waals surface area contributed by atoms with Gasteiger partial charge in [-0.25, -0.2) is 14.8 Å². The highest BCUT2D eigenvalue weighted by molar-refractivity contribution is 5.95. The van der Waals surface area contributed by atoms with Gasteiger partial charge in [-0.15, -0.1) is 0 Å². The van der Waals surface area contributed by atoms with Gasteiger partial charge in [-0.3, -0.25) is 4.57 Å². The summed E-state index contributed by atoms with van der Waals surface area (Å²) in [5.74, 6) is 1.79. The highest BCUT2D eigenvalue weighted by atomic mass is 16.5. The number of fused-ring (bicyclic) bond motifs is 1. The number of carbonyl (C=O) groups excluding carboxylic acids is 1. The number of imidazole rings is 1. The van der Waals surface area contributed by atoms with Gasteiger partial charge in [0.05, 0.1) is 30.8 Å². The van der Waals surface area contributed by atoms with Crippen molar-refractivity contribution in [3.8, 4) is 11.6 Å². The highest BCUT2D eigenvalue weighted by Crippen LogP contribution is 2.34. The van der Waals surface area contributed by atoms with Crippen LogP contribution in [0.4, 0.5) is 5.82 Å². The third kappa shape index (κ3) is 5.59. The number of hydrogen-bond donors (Lipinski definition) is 2. The first-order chi connectivity index (χ1) is 18.0. The number of nitrogens with two attached hydrogens (primary N) is 1. The lowest BCUT2D eigenvalue weighted by Crippen LogP contribution is -2.19. The van der Waals surface area contributed by atoms with Crippen molar-refractivity contribution in [2.24, 2.45) is 5.73 Å². The molecule has 8 heteroatoms. The molecule has 4 aromatic rings. The van der Waals surface area contributed by atoms with Crippen molar-refractivity contribution < 1.29 is 14.3 Å². The second kappa shape index (κ2) is 11.9. The summed E-state index contributed by atoms with van der Waals surface area (Å²) < 4.78 is 12.9. The van der Waals surface area contributed by atoms with Gasteiger partial charge in [0.1, 0.15) is 29.3 Å². The fraction of sp³-hybridized carbons (Fsp3) is 0.345. The van der Waals surface area contributed by atoms with Crippen molar-refractivity contribution in [3.63, 3.8) is 0 Å². The summed E-state index contributed by atoms with van der Waals surface area (Å²) in [5, 5.41) is 3.46. The van der Waals surface area contributed by atoms with Crippen LogP contribution < -0.4 is 15.8 Å². The first-order valence-corrected chi connectivity index (χ1v) is 12.8. The zero-order chi connectivity index (χ0) is 26.4. The third-order valence-corrected chi connectivity index (χ3v) is 6.63. The molecule has 2 aromatic heterocycles. The first-order valence-electron chi connectivity index (χ1n) is 12.8. The number of rotatable bonds is 11. The molecule has 0 saturated carbocycles. The van der Waals surface area contributed by atoms with E-state index in [4.69, 9.17) is 20.2 Å². The minimum Gasteiger partial charge on any atom is -0.496 e. The van der Waals surface area contributed by atoms with Crippen LogP contribution in [0.3, 0.4) is 0 Å². The lowest BCUT2D eigenvalue weighted by atomic mass is 9.97. The number of nitrogens with zero attached hydrogens (tertiary/aromatic N) is 3. The van der Waals surface area contributed by atoms with Gasteiger partial charge in [-0.2, -0.15) is 0 Å². The van der Waals surface area contributed by atoms with Gasteiger partial charge in [0.25, 0.3) is 0 Å². The van der Waals surface area contributed by atoms with Crippen LogP contribution in [0.5, 0.6) is 5.75 Å². The molecule has 0 fully saturated rings. The maximum atomic E-state index is 12.8. The van der Waals surface area contributed by atoms with E-state index in [1.807, 2.05) is 41.0 Å². The Labute approximate surface area is 217 Å². The molecule has 194 valence electrons. The van der Waals surface area contributed by atoms with E-state index < -0.39 is 5.97 Å². The summed E-state index contributed by atoms with van der Waals surface area (Å²) in [4.78, 5) is 22.3. The average Bonchev–Trinajstić information content (AvgIpc) is 3.35. The van der Waals surface area contributed by atoms with Gasteiger partial charge >= 0.3 is 5.97 Å². The molecule has 3 N–H and O–H groups in total. The van der Waals surface area contributed by atoms with Crippen molar-refractivity contribution in [1.82, 2.24) is 14.5 Å². The Balaban J connectivity index is 1.80. The molecule has 0 radical (unpaired) electrons. The van der Waals surface area contributed by atoms with Crippen LogP contribution in [0, 0.1) is 0 Å². The lowest BCUT2D eigenvalue weighted by molar-refractivity contribution is 0.0527. The van der Waals surface area contributed by atoms with Crippen molar-refractivity contribution in [2.75, 3.05) is 25.6 Å². The molecular formula is C29H35N5O3. The van der Waals surface area contributed by atoms with Crippen LogP contribution in [0.25, 0.3) is 16.9 Å². The van der Waals surface area contributed by atoms with E-state index in [2.05, 4.69) is 30.2 Å². The maximum Gasteiger partial charge on any atom is 0.341 e. The second-order valence-corrected chi connectivity index (χ2v) is 8.98. The highest BCUT2D eigenvalue weighted by Gasteiger charge is 2.21. The lowest BCUT2D eigenvalue weighted by Gasteiger charge is -2.21. The van der Waals surface area contributed by atoms with Crippen molar-refractivity contribution in [3.05, 3.63) is 77.6 Å². The summed E-state index contributed by atoms with van der Waals surface area (Å²) in [6.07, 6.45) is 3.41. The van der Waals surface area contributed by atoms with Gasteiger partial charge in [0, 0.05) is 6.07 Å². The van der Waals surface area contributed by atoms with Gasteiger partial charge in [0.15, 0.2) is 0 Å². The fourth-order valence-electron chi connectivity index (χ4n) is 4.42. The van der Waals surface area contributed by atoms with E-state index in [0.717, 1.165) is 34.3 Å². The summed E-state index contributed by atoms with van der Waals surface area (Å²) in [5.41, 5.74) is 10.2. The topological polar surface area (TPSA) is 104 Å². The minimum atomic E-state index is -0.432. The summed E-state index contributed by atoms with van der Waals surface area (Å²) in [6.45, 7) is 6.87. The normalized spacial score (nSPS) is 12.8. The number of benzene rings is 2. The maximum absolute atomic E-state index is 12.8. The van der Waals surface area contributed by atoms with Gasteiger partial charge < -0.3 is 20.5 Å². The molecule has 4 rings (SSSR count). The Bertz CT molecular complexity index is 1350. The molecule has 0 aliphatic heterocycles. The number of ether oxygens (including phenoxy) is 2. The van der Waals surface area contributed by atoms with Crippen molar-refractivity contribution in [1.29, 1.82) is 0 Å². The van der Waals surface area contributed by atoms with E-state index in [0.29, 0.717) is 36.1 Å². The molecule has 8 nitrogen and oxygen atoms in total. The number of nitrogens with one attached hydrogen (secondary N) is 1. The molecule has 2 atom stereocenters. The van der Waals surface area contributed by atoms with Gasteiger partial charge in [-0.05, 0) is 61.6 Å². The molecule has 2 unspecified atom stereocenters. The molecule has 0 aliphatic carbocycles. The van der Waals surface area contributed by atoms with Gasteiger partial charge in [-0.1, -0.05) is 44.2 Å². The van der Waals surface area contributed by atoms with E-state index in [9.17, 15) is 4.79 Å². The number of hydrogen-bond acceptors (Lipinski definition) is 7. The average molecular weight is 502 g/mol. The number of carbonyl (C=O) groups is 1. The van der Waals surface area contributed by atoms with Crippen molar-refractivity contribution >= 4 is 22.8 Å². The second-order valence-electron chi connectivity index (χ2n) is 8.98. The minimum absolute atomic E-state index is 0.125. The van der Waals surface area contributed by atoms with Crippen LogP contribution in [-0.2, 0) is 4.74 Å². The Morgan fingerprint density at radius 2 is 1.92 bits per heavy atom. The molecule has 0 amide bonds. The Kier molecular flexibility index (Phi) is 8.40. The van der Waals surface area contributed by atoms with Gasteiger partial charge in [0.2, 0.25) is 0 Å². The summed E-state index contributed by atoms with van der Waals surface area (Å²) in [7, 11) is 1.68. The van der Waals surface area contributed by atoms with E-state index in [1.54, 1.807) is 32.5 Å². The molecule has 0 spiro atoms. The zero-order valence-electron chi connectivity index (χ0n) is 21.9. The smallest absolute Gasteiger partial charge is 0.341 e. The molecule has 37 heavy (non-hydrogen) atoms. The molecular weight excluding hydrogens is 466 g/mol. The van der Waals surface area contributed by atoms with Crippen LogP contribution in [0.2, 0.25) is 0 Å². The van der Waals surface area contributed by atoms with Crippen LogP contribution in [0.15, 0.2) is 60.9 Å². The monoisotopic (exact) mass is 501 g/mol. The Hall–Kier alpha value is -3.91. The largest absolute Gasteiger partial charge is 0.496 e. The molecule has 0 saturated heterocycles. The predicted molar refractivity (Wildman–Crippen MR) is 147 cm³/mol. The summed E-state index contributed by atoms with van der Waals surface area (Å²) >= 11 is 0. The Morgan fingerprint density at radius 1 is 1.14 bits per heavy atom. The van der Waals surface area contributed by atoms with Crippen molar-refractivity contribution in [2.45, 2.75) is 45.6 Å². The quantitative estimate of drug-likeness (QED) is 0.257. The van der Waals surface area contributed by atoms with Crippen LogP contribution >= 0.6 is 0 Å². The number of anilines is 1. The van der Waals surface area contributed by atoms with E-state index >= 15 is 0 Å². The van der Waals surface area contributed by atoms with Crippen LogP contribution in [0.1, 0.15) is 67.1 Å². The standard InChI is InChI=1S/C29H35N5O3/c1-5-19(3)22-16-24-25(17-26(22)36-4)34(18-31-24)27-13-12-21(29(35)37-6-2)28(33-27)32-23(14-15-30)20-10-8-7-9-11-20/h7-13,16-19,23H,5-6,14-15,30H2,1-4H3,(H,32,33). The zero-order valence-corrected chi connectivity index (χ0v) is 21.9.